The number of ketones is 3. The molecular weight excluding hydrogens is 1260 g/mol. The number of quaternary nitrogens is 1. The second-order valence-electron chi connectivity index (χ2n) is 34.2. The number of nitrogens with one attached hydrogen (secondary N) is 5. The Hall–Kier alpha value is -9.39. The van der Waals surface area contributed by atoms with E-state index in [1.807, 2.05) is 60.7 Å². The van der Waals surface area contributed by atoms with Gasteiger partial charge in [-0.2, -0.15) is 0 Å². The molecule has 4 heterocycles. The predicted octanol–water partition coefficient (Wildman–Crippen LogP) is 9.21. The van der Waals surface area contributed by atoms with Gasteiger partial charge in [0.15, 0.2) is 17.3 Å². The van der Waals surface area contributed by atoms with Gasteiger partial charge in [0.25, 0.3) is 0 Å². The van der Waals surface area contributed by atoms with E-state index in [4.69, 9.17) is 0 Å². The fourth-order valence-electron chi connectivity index (χ4n) is 19.0. The van der Waals surface area contributed by atoms with Gasteiger partial charge in [-0.15, -0.1) is 0 Å². The first-order valence-electron chi connectivity index (χ1n) is 37.5. The minimum absolute atomic E-state index is 0.0500. The maximum absolute atomic E-state index is 15.8. The van der Waals surface area contributed by atoms with Gasteiger partial charge in [0.1, 0.15) is 11.7 Å². The molecule has 0 radical (unpaired) electrons. The molecule has 3 aliphatic carbocycles. The first-order valence-corrected chi connectivity index (χ1v) is 37.5. The number of hydrogen-bond donors (Lipinski definition) is 5. The number of anilines is 3. The number of hydrogen-bond acceptors (Lipinski definition) is 9. The molecule has 0 amide bonds. The Labute approximate surface area is 599 Å². The van der Waals surface area contributed by atoms with E-state index in [-0.39, 0.29) is 86.2 Å². The Kier molecular flexibility index (Phi) is 16.5. The Morgan fingerprint density at radius 3 is 1.46 bits per heavy atom. The standard InChI is InChI=1S/C90H98N6O6/c1-47(2)37-39-95-65-35-29-53-21-17-19-23-57(53)75(65)87(13,14)67(95)41-63-81(97)71(82(63)98)59-31-25-55-27-33-61(79-69(55)77(59)91-89(93-79,43-49(5)6)44-50(7)8)73-85(101)74(86(73)102)62-34-28-56-26-32-60(78-70(56)80(62)94-90(92-78,45-51(9)10)46-52(11)12)72-83(99)64(84(72)100)42-68-88(15,16)76-58-24-20-18-22-54(58)30-36-66(76)96(68)40-38-48(3)4/h17-36,41-42,47-52,67,91,94,97,99,101H,37-40,43-46H2,1-16H3/b63-41-,68-42-,72-60-,73-61-. The number of allylic oxidation sites excluding steroid dienone is 8. The molecule has 0 fully saturated rings. The van der Waals surface area contributed by atoms with Gasteiger partial charge in [0.05, 0.1) is 44.5 Å². The van der Waals surface area contributed by atoms with Gasteiger partial charge >= 0.3 is 0 Å². The Morgan fingerprint density at radius 2 is 0.971 bits per heavy atom. The van der Waals surface area contributed by atoms with Crippen LogP contribution in [0.2, 0.25) is 0 Å². The van der Waals surface area contributed by atoms with Crippen molar-refractivity contribution in [2.24, 2.45) is 35.5 Å². The molecule has 7 aliphatic rings. The fraction of sp³-hybridized carbons (Fsp3) is 0.389. The lowest BCUT2D eigenvalue weighted by Gasteiger charge is -2.38. The molecule has 102 heavy (non-hydrogen) atoms. The summed E-state index contributed by atoms with van der Waals surface area (Å²) in [6, 6.07) is 40.8. The van der Waals surface area contributed by atoms with Crippen LogP contribution in [0.1, 0.15) is 172 Å². The van der Waals surface area contributed by atoms with Crippen LogP contribution in [0.5, 0.6) is 0 Å². The highest BCUT2D eigenvalue weighted by Gasteiger charge is 2.52. The van der Waals surface area contributed by atoms with Crippen LogP contribution < -0.4 is 66.9 Å². The van der Waals surface area contributed by atoms with Crippen LogP contribution in [0.15, 0.2) is 168 Å². The van der Waals surface area contributed by atoms with E-state index in [1.165, 1.54) is 32.5 Å². The summed E-state index contributed by atoms with van der Waals surface area (Å²) in [5.74, 6) is -0.434. The van der Waals surface area contributed by atoms with Gasteiger partial charge in [-0.1, -0.05) is 205 Å². The zero-order chi connectivity index (χ0) is 72.3. The second-order valence-corrected chi connectivity index (χ2v) is 34.2. The van der Waals surface area contributed by atoms with Crippen molar-refractivity contribution in [1.82, 2.24) is 0 Å². The molecule has 12 heteroatoms. The minimum Gasteiger partial charge on any atom is -0.871 e. The lowest BCUT2D eigenvalue weighted by Crippen LogP contribution is -3.10. The molecule has 4 aliphatic heterocycles. The van der Waals surface area contributed by atoms with E-state index in [9.17, 15) is 0 Å². The normalized spacial score (nSPS) is 21.7. The lowest BCUT2D eigenvalue weighted by molar-refractivity contribution is -0.851. The van der Waals surface area contributed by atoms with E-state index in [2.05, 4.69) is 209 Å². The van der Waals surface area contributed by atoms with Crippen molar-refractivity contribution in [3.8, 4) is 0 Å². The summed E-state index contributed by atoms with van der Waals surface area (Å²) < 4.78 is 0. The fourth-order valence-corrected chi connectivity index (χ4v) is 19.0. The molecule has 524 valence electrons. The molecule has 8 aromatic rings. The van der Waals surface area contributed by atoms with Crippen molar-refractivity contribution in [2.45, 2.75) is 178 Å². The van der Waals surface area contributed by atoms with Crippen molar-refractivity contribution in [2.75, 3.05) is 28.6 Å². The van der Waals surface area contributed by atoms with Crippen molar-refractivity contribution in [3.05, 3.63) is 211 Å². The molecule has 8 aromatic carbocycles. The number of Topliss-reactive ketones (excluding diaryl/α,β-unsaturated/α-hetero) is 3. The maximum Gasteiger partial charge on any atom is 0.235 e. The van der Waals surface area contributed by atoms with Crippen LogP contribution >= 0.6 is 0 Å². The third-order valence-electron chi connectivity index (χ3n) is 23.1. The van der Waals surface area contributed by atoms with Gasteiger partial charge < -0.3 is 30.9 Å². The van der Waals surface area contributed by atoms with Crippen LogP contribution in [0.25, 0.3) is 65.4 Å². The summed E-state index contributed by atoms with van der Waals surface area (Å²) in [4.78, 5) is 57.7. The third-order valence-corrected chi connectivity index (χ3v) is 23.1. The molecule has 2 unspecified atom stereocenters. The third kappa shape index (κ3) is 10.7. The van der Waals surface area contributed by atoms with Gasteiger partial charge in [-0.05, 0) is 136 Å². The van der Waals surface area contributed by atoms with E-state index in [0.717, 1.165) is 58.9 Å². The molecule has 0 aromatic heterocycles. The van der Waals surface area contributed by atoms with Crippen LogP contribution in [-0.2, 0) is 25.2 Å². The molecule has 15 rings (SSSR count). The maximum atomic E-state index is 15.8. The van der Waals surface area contributed by atoms with Gasteiger partial charge in [0.2, 0.25) is 22.0 Å². The largest absolute Gasteiger partial charge is 0.871 e. The summed E-state index contributed by atoms with van der Waals surface area (Å²) in [5.41, 5.74) is 5.98. The minimum atomic E-state index is -0.827. The summed E-state index contributed by atoms with van der Waals surface area (Å²) in [6.07, 6.45) is 8.29. The van der Waals surface area contributed by atoms with Gasteiger partial charge in [-0.3, -0.25) is 19.3 Å². The van der Waals surface area contributed by atoms with Crippen molar-refractivity contribution >= 4 is 105 Å². The van der Waals surface area contributed by atoms with E-state index in [0.29, 0.717) is 91.9 Å². The van der Waals surface area contributed by atoms with E-state index < -0.39 is 33.7 Å². The predicted molar refractivity (Wildman–Crippen MR) is 405 cm³/mol. The van der Waals surface area contributed by atoms with Crippen LogP contribution in [0.3, 0.4) is 0 Å². The van der Waals surface area contributed by atoms with Crippen molar-refractivity contribution < 1.29 is 44.6 Å². The molecule has 0 bridgehead atoms. The number of carbonyl (C=O) groups is 3. The zero-order valence-electron chi connectivity index (χ0n) is 62.3. The smallest absolute Gasteiger partial charge is 0.235 e. The molecule has 2 atom stereocenters. The Balaban J connectivity index is 0.891. The first-order chi connectivity index (χ1) is 48.4. The van der Waals surface area contributed by atoms with Gasteiger partial charge in [0, 0.05) is 105 Å². The average Bonchev–Trinajstić information content (AvgIpc) is 0.816. The molecule has 0 saturated carbocycles. The summed E-state index contributed by atoms with van der Waals surface area (Å²) in [6.45, 7) is 36.7. The Bertz CT molecular complexity index is 5430. The van der Waals surface area contributed by atoms with Crippen LogP contribution in [0.4, 0.5) is 22.7 Å². The summed E-state index contributed by atoms with van der Waals surface area (Å²) in [5, 5.41) is 64.0. The van der Waals surface area contributed by atoms with Crippen LogP contribution in [0, 0.1) is 35.5 Å². The molecule has 0 spiro atoms. The SMILES string of the molecule is CC(C)CCN1/C(=C\C2=C([O-])C(=c3\ccc4ccc(C5=C([O-])/C(=c6\ccc7ccc(C8=C([O-])/C(=C/C9[NH+](CCC(C)C)c%10ccc%11ccccc%11c%10C9(C)C)C8=O)c8c7c6=[NH+]C(CC(C)C)(CC(C)C)N8)C5=O)c5c4c3=[NH+]C(CC(C)C)(CC(C)C)N5)/C2=O)C(C)(C)c2c1ccc1ccccc21. The monoisotopic (exact) mass is 1360 g/mol. The Morgan fingerprint density at radius 1 is 0.500 bits per heavy atom. The van der Waals surface area contributed by atoms with Crippen LogP contribution in [-0.4, -0.2) is 47.8 Å². The number of nitrogens with zero attached hydrogens (tertiary/aromatic N) is 1. The average molecular weight is 1360 g/mol. The zero-order valence-corrected chi connectivity index (χ0v) is 62.3. The molecule has 0 saturated heterocycles. The number of carbonyl (C=O) groups excluding carboxylic acids is 3. The number of fused-ring (bicyclic) bond motifs is 6. The highest BCUT2D eigenvalue weighted by atomic mass is 16.3. The summed E-state index contributed by atoms with van der Waals surface area (Å²) in [7, 11) is 0. The molecule has 5 N–H and O–H groups in total. The highest BCUT2D eigenvalue weighted by molar-refractivity contribution is 6.52. The molecular formula is C90H98N6O6. The topological polar surface area (TPSA) is 180 Å². The second kappa shape index (κ2) is 24.7. The van der Waals surface area contributed by atoms with E-state index >= 15 is 29.7 Å². The summed E-state index contributed by atoms with van der Waals surface area (Å²) >= 11 is 0. The van der Waals surface area contributed by atoms with Gasteiger partial charge in [-0.25, -0.2) is 9.98 Å². The number of rotatable bonds is 18. The van der Waals surface area contributed by atoms with E-state index in [1.54, 1.807) is 0 Å². The van der Waals surface area contributed by atoms with Crippen molar-refractivity contribution in [3.63, 3.8) is 0 Å². The molecule has 12 nitrogen and oxygen atoms in total. The highest BCUT2D eigenvalue weighted by Crippen LogP contribution is 2.53. The quantitative estimate of drug-likeness (QED) is 0.0524. The first kappa shape index (κ1) is 68.4. The number of benzene rings is 8. The lowest BCUT2D eigenvalue weighted by atomic mass is 9.75. The van der Waals surface area contributed by atoms with Crippen molar-refractivity contribution in [1.29, 1.82) is 0 Å².